The minimum atomic E-state index is -0.398. The quantitative estimate of drug-likeness (QED) is 0.444. The Morgan fingerprint density at radius 3 is 2.65 bits per heavy atom. The summed E-state index contributed by atoms with van der Waals surface area (Å²) in [6.07, 6.45) is 3.82. The van der Waals surface area contributed by atoms with Gasteiger partial charge >= 0.3 is 5.97 Å². The van der Waals surface area contributed by atoms with Gasteiger partial charge in [-0.25, -0.2) is 14.2 Å². The molecule has 31 heavy (non-hydrogen) atoms. The molecule has 4 aromatic rings. The second-order valence-corrected chi connectivity index (χ2v) is 8.05. The average Bonchev–Trinajstić information content (AvgIpc) is 3.53. The number of halogens is 1. The van der Waals surface area contributed by atoms with Gasteiger partial charge in [0.1, 0.15) is 5.52 Å². The van der Waals surface area contributed by atoms with E-state index in [4.69, 9.17) is 16.3 Å². The maximum absolute atomic E-state index is 13.4. The zero-order valence-electron chi connectivity index (χ0n) is 16.8. The number of methoxy groups -OCH3 is 1. The van der Waals surface area contributed by atoms with E-state index in [1.54, 1.807) is 47.3 Å². The predicted molar refractivity (Wildman–Crippen MR) is 117 cm³/mol. The first kappa shape index (κ1) is 19.5. The molecule has 2 heterocycles. The van der Waals surface area contributed by atoms with Crippen molar-refractivity contribution in [2.45, 2.75) is 25.3 Å². The molecule has 2 aromatic heterocycles. The Labute approximate surface area is 182 Å². The van der Waals surface area contributed by atoms with Crippen molar-refractivity contribution in [3.8, 4) is 5.69 Å². The predicted octanol–water partition coefficient (Wildman–Crippen LogP) is 3.95. The molecule has 1 aliphatic carbocycles. The number of esters is 1. The number of fused-ring (bicyclic) bond motifs is 1. The Kier molecular flexibility index (Phi) is 4.82. The number of carbonyl (C=O) groups is 1. The van der Waals surface area contributed by atoms with Gasteiger partial charge in [-0.2, -0.15) is 10.2 Å². The van der Waals surface area contributed by atoms with E-state index >= 15 is 0 Å². The number of hydrogen-bond donors (Lipinski definition) is 0. The van der Waals surface area contributed by atoms with Crippen LogP contribution in [0, 0.1) is 0 Å². The van der Waals surface area contributed by atoms with Crippen LogP contribution in [0.3, 0.4) is 0 Å². The first-order chi connectivity index (χ1) is 15.0. The van der Waals surface area contributed by atoms with Crippen LogP contribution < -0.4 is 5.56 Å². The van der Waals surface area contributed by atoms with Crippen molar-refractivity contribution in [3.63, 3.8) is 0 Å². The van der Waals surface area contributed by atoms with Gasteiger partial charge in [0.2, 0.25) is 0 Å². The average molecular weight is 435 g/mol. The van der Waals surface area contributed by atoms with Crippen LogP contribution in [0.5, 0.6) is 0 Å². The molecule has 7 nitrogen and oxygen atoms in total. The Bertz CT molecular complexity index is 1350. The second-order valence-electron chi connectivity index (χ2n) is 7.61. The number of carbonyl (C=O) groups excluding carboxylic acids is 1. The van der Waals surface area contributed by atoms with E-state index in [0.29, 0.717) is 22.0 Å². The molecule has 156 valence electrons. The summed E-state index contributed by atoms with van der Waals surface area (Å²) in [6.45, 7) is 0.288. The van der Waals surface area contributed by atoms with Crippen LogP contribution in [0.4, 0.5) is 0 Å². The fraction of sp³-hybridized carbons (Fsp3) is 0.217. The monoisotopic (exact) mass is 434 g/mol. The van der Waals surface area contributed by atoms with Crippen LogP contribution in [0.2, 0.25) is 5.02 Å². The lowest BCUT2D eigenvalue weighted by molar-refractivity contribution is 0.0600. The summed E-state index contributed by atoms with van der Waals surface area (Å²) in [5.41, 5.74) is 3.20. The van der Waals surface area contributed by atoms with E-state index in [0.717, 1.165) is 35.2 Å². The standard InChI is InChI=1S/C23H19ClN4O3/c1-31-23(30)16-7-5-14(6-8-16)13-27-22(29)21-19(20(26-27)15-9-10-15)12-25-28(21)18-4-2-3-17(24)11-18/h2-8,11-12,15H,9-10,13H2,1H3. The summed E-state index contributed by atoms with van der Waals surface area (Å²) in [5, 5.41) is 10.5. The largest absolute Gasteiger partial charge is 0.465 e. The summed E-state index contributed by atoms with van der Waals surface area (Å²) >= 11 is 6.16. The third-order valence-corrected chi connectivity index (χ3v) is 5.67. The van der Waals surface area contributed by atoms with Crippen LogP contribution in [-0.4, -0.2) is 32.6 Å². The summed E-state index contributed by atoms with van der Waals surface area (Å²) < 4.78 is 7.85. The van der Waals surface area contributed by atoms with Gasteiger partial charge in [0.15, 0.2) is 0 Å². The van der Waals surface area contributed by atoms with E-state index in [1.165, 1.54) is 11.8 Å². The highest BCUT2D eigenvalue weighted by Crippen LogP contribution is 2.41. The van der Waals surface area contributed by atoms with Crippen LogP contribution in [0.1, 0.15) is 40.4 Å². The first-order valence-corrected chi connectivity index (χ1v) is 10.3. The summed E-state index contributed by atoms with van der Waals surface area (Å²) in [6, 6.07) is 14.2. The number of hydrogen-bond acceptors (Lipinski definition) is 5. The summed E-state index contributed by atoms with van der Waals surface area (Å²) in [5.74, 6) is -0.0576. The fourth-order valence-electron chi connectivity index (χ4n) is 3.70. The minimum Gasteiger partial charge on any atom is -0.465 e. The molecule has 0 spiro atoms. The Morgan fingerprint density at radius 1 is 1.19 bits per heavy atom. The number of nitrogens with zero attached hydrogens (tertiary/aromatic N) is 4. The highest BCUT2D eigenvalue weighted by Gasteiger charge is 2.30. The van der Waals surface area contributed by atoms with E-state index in [-0.39, 0.29) is 12.1 Å². The summed E-state index contributed by atoms with van der Waals surface area (Å²) in [4.78, 5) is 25.1. The Balaban J connectivity index is 1.62. The lowest BCUT2D eigenvalue weighted by atomic mass is 10.1. The molecule has 0 N–H and O–H groups in total. The van der Waals surface area contributed by atoms with Crippen LogP contribution in [0.15, 0.2) is 59.5 Å². The van der Waals surface area contributed by atoms with Crippen LogP contribution in [-0.2, 0) is 11.3 Å². The molecule has 0 bridgehead atoms. The van der Waals surface area contributed by atoms with Crippen LogP contribution in [0.25, 0.3) is 16.6 Å². The van der Waals surface area contributed by atoms with Gasteiger partial charge in [0.25, 0.3) is 5.56 Å². The third-order valence-electron chi connectivity index (χ3n) is 5.43. The number of benzene rings is 2. The normalized spacial score (nSPS) is 13.5. The molecule has 1 saturated carbocycles. The molecule has 0 unspecified atom stereocenters. The van der Waals surface area contributed by atoms with Crippen molar-refractivity contribution in [1.29, 1.82) is 0 Å². The SMILES string of the molecule is COC(=O)c1ccc(Cn2nc(C3CC3)c3cnn(-c4cccc(Cl)c4)c3c2=O)cc1. The van der Waals surface area contributed by atoms with Crippen molar-refractivity contribution in [2.24, 2.45) is 0 Å². The molecule has 1 aliphatic rings. The molecule has 0 amide bonds. The first-order valence-electron chi connectivity index (χ1n) is 9.97. The molecule has 0 saturated heterocycles. The second kappa shape index (κ2) is 7.67. The van der Waals surface area contributed by atoms with E-state index in [2.05, 4.69) is 10.2 Å². The van der Waals surface area contributed by atoms with Gasteiger partial charge in [-0.15, -0.1) is 0 Å². The molecule has 5 rings (SSSR count). The van der Waals surface area contributed by atoms with Gasteiger partial charge in [-0.1, -0.05) is 29.8 Å². The lowest BCUT2D eigenvalue weighted by Gasteiger charge is -2.11. The molecular weight excluding hydrogens is 416 g/mol. The molecular formula is C23H19ClN4O3. The van der Waals surface area contributed by atoms with Crippen molar-refractivity contribution in [3.05, 3.63) is 86.9 Å². The highest BCUT2D eigenvalue weighted by molar-refractivity contribution is 6.30. The lowest BCUT2D eigenvalue weighted by Crippen LogP contribution is -2.26. The zero-order chi connectivity index (χ0) is 21.5. The van der Waals surface area contributed by atoms with Gasteiger partial charge in [0.05, 0.1) is 36.8 Å². The Hall–Kier alpha value is -3.45. The third kappa shape index (κ3) is 3.61. The van der Waals surface area contributed by atoms with Gasteiger partial charge < -0.3 is 4.74 Å². The van der Waals surface area contributed by atoms with Gasteiger partial charge in [0, 0.05) is 16.3 Å². The van der Waals surface area contributed by atoms with Crippen molar-refractivity contribution in [1.82, 2.24) is 19.6 Å². The molecule has 0 radical (unpaired) electrons. The zero-order valence-corrected chi connectivity index (χ0v) is 17.5. The van der Waals surface area contributed by atoms with Gasteiger partial charge in [-0.3, -0.25) is 4.79 Å². The smallest absolute Gasteiger partial charge is 0.337 e. The van der Waals surface area contributed by atoms with E-state index in [9.17, 15) is 9.59 Å². The van der Waals surface area contributed by atoms with Crippen molar-refractivity contribution < 1.29 is 9.53 Å². The van der Waals surface area contributed by atoms with Crippen LogP contribution >= 0.6 is 11.6 Å². The molecule has 2 aromatic carbocycles. The Morgan fingerprint density at radius 2 is 1.97 bits per heavy atom. The minimum absolute atomic E-state index is 0.228. The number of ether oxygens (including phenoxy) is 1. The molecule has 8 heteroatoms. The highest BCUT2D eigenvalue weighted by atomic mass is 35.5. The molecule has 0 aliphatic heterocycles. The van der Waals surface area contributed by atoms with Crippen molar-refractivity contribution in [2.75, 3.05) is 7.11 Å². The van der Waals surface area contributed by atoms with E-state index in [1.807, 2.05) is 12.1 Å². The maximum Gasteiger partial charge on any atom is 0.337 e. The number of rotatable bonds is 5. The molecule has 1 fully saturated rings. The van der Waals surface area contributed by atoms with Gasteiger partial charge in [-0.05, 0) is 48.7 Å². The number of aromatic nitrogens is 4. The summed E-state index contributed by atoms with van der Waals surface area (Å²) in [7, 11) is 1.34. The fourth-order valence-corrected chi connectivity index (χ4v) is 3.88. The topological polar surface area (TPSA) is 79.0 Å². The molecule has 0 atom stereocenters. The maximum atomic E-state index is 13.4. The van der Waals surface area contributed by atoms with Crippen molar-refractivity contribution >= 4 is 28.5 Å². The van der Waals surface area contributed by atoms with E-state index < -0.39 is 5.97 Å².